The molecule has 0 radical (unpaired) electrons. The summed E-state index contributed by atoms with van der Waals surface area (Å²) in [6.45, 7) is 3.16. The van der Waals surface area contributed by atoms with Gasteiger partial charge in [-0.05, 0) is 50.9 Å². The van der Waals surface area contributed by atoms with Gasteiger partial charge in [-0.3, -0.25) is 0 Å². The number of piperidine rings is 2. The quantitative estimate of drug-likeness (QED) is 0.872. The molecule has 108 valence electrons. The number of aromatic nitrogens is 2. The zero-order valence-electron chi connectivity index (χ0n) is 11.7. The number of rotatable bonds is 2. The zero-order valence-corrected chi connectivity index (χ0v) is 11.7. The molecule has 0 amide bonds. The first-order chi connectivity index (χ1) is 9.65. The molecule has 0 saturated carbocycles. The highest BCUT2D eigenvalue weighted by Crippen LogP contribution is 2.31. The molecule has 1 aromatic rings. The normalized spacial score (nSPS) is 27.1. The van der Waals surface area contributed by atoms with Crippen LogP contribution < -0.4 is 4.90 Å². The first-order valence-electron chi connectivity index (χ1n) is 7.17. The summed E-state index contributed by atoms with van der Waals surface area (Å²) in [5.74, 6) is 0.446. The number of aromatic carboxylic acids is 1. The molecule has 2 atom stereocenters. The lowest BCUT2D eigenvalue weighted by molar-refractivity contribution is 0.0689. The lowest BCUT2D eigenvalue weighted by atomic mass is 9.84. The van der Waals surface area contributed by atoms with E-state index in [0.717, 1.165) is 25.3 Å². The predicted molar refractivity (Wildman–Crippen MR) is 75.0 cm³/mol. The van der Waals surface area contributed by atoms with Crippen LogP contribution in [0.25, 0.3) is 0 Å². The number of fused-ring (bicyclic) bond motifs is 1. The molecule has 6 heteroatoms. The van der Waals surface area contributed by atoms with Crippen LogP contribution in [-0.4, -0.2) is 58.9 Å². The topological polar surface area (TPSA) is 69.6 Å². The summed E-state index contributed by atoms with van der Waals surface area (Å²) in [4.78, 5) is 15.5. The maximum atomic E-state index is 10.8. The van der Waals surface area contributed by atoms with Crippen molar-refractivity contribution in [1.82, 2.24) is 15.1 Å². The van der Waals surface area contributed by atoms with Crippen LogP contribution in [0.3, 0.4) is 0 Å². The molecule has 2 aliphatic heterocycles. The Balaban J connectivity index is 1.71. The molecule has 0 spiro atoms. The third-order valence-electron chi connectivity index (χ3n) is 4.54. The summed E-state index contributed by atoms with van der Waals surface area (Å²) in [7, 11) is 2.22. The standard InChI is InChI=1S/C14H20N4O2/c1-17-7-2-3-10-9-18(8-6-12(10)17)13-5-4-11(14(19)20)15-16-13/h4-5,10,12H,2-3,6-9H2,1H3,(H,19,20). The van der Waals surface area contributed by atoms with Crippen LogP contribution in [0.1, 0.15) is 29.8 Å². The van der Waals surface area contributed by atoms with Gasteiger partial charge in [0.25, 0.3) is 0 Å². The van der Waals surface area contributed by atoms with Gasteiger partial charge in [0, 0.05) is 19.1 Å². The fraction of sp³-hybridized carbons (Fsp3) is 0.643. The van der Waals surface area contributed by atoms with E-state index in [-0.39, 0.29) is 5.69 Å². The molecule has 0 aliphatic carbocycles. The Bertz CT molecular complexity index is 490. The summed E-state index contributed by atoms with van der Waals surface area (Å²) >= 11 is 0. The molecule has 2 unspecified atom stereocenters. The van der Waals surface area contributed by atoms with Crippen molar-refractivity contribution in [3.63, 3.8) is 0 Å². The Kier molecular flexibility index (Phi) is 3.56. The van der Waals surface area contributed by atoms with E-state index in [1.165, 1.54) is 25.5 Å². The van der Waals surface area contributed by atoms with Crippen molar-refractivity contribution in [2.45, 2.75) is 25.3 Å². The third kappa shape index (κ3) is 2.47. The Hall–Kier alpha value is -1.69. The Morgan fingerprint density at radius 2 is 2.15 bits per heavy atom. The SMILES string of the molecule is CN1CCCC2CN(c3ccc(C(=O)O)nn3)CCC21. The molecule has 0 bridgehead atoms. The predicted octanol–water partition coefficient (Wildman–Crippen LogP) is 1.10. The van der Waals surface area contributed by atoms with E-state index in [9.17, 15) is 4.79 Å². The van der Waals surface area contributed by atoms with Gasteiger partial charge in [0.1, 0.15) is 0 Å². The van der Waals surface area contributed by atoms with Gasteiger partial charge in [-0.1, -0.05) is 0 Å². The van der Waals surface area contributed by atoms with Gasteiger partial charge in [-0.2, -0.15) is 0 Å². The molecule has 0 aromatic carbocycles. The zero-order chi connectivity index (χ0) is 14.1. The van der Waals surface area contributed by atoms with Crippen molar-refractivity contribution in [3.8, 4) is 0 Å². The summed E-state index contributed by atoms with van der Waals surface area (Å²) in [5.41, 5.74) is 0.000959. The molecule has 2 aliphatic rings. The molecule has 2 saturated heterocycles. The van der Waals surface area contributed by atoms with Crippen LogP contribution in [0.4, 0.5) is 5.82 Å². The second-order valence-electron chi connectivity index (χ2n) is 5.77. The molecule has 1 N–H and O–H groups in total. The monoisotopic (exact) mass is 276 g/mol. The van der Waals surface area contributed by atoms with Crippen LogP contribution in [0.5, 0.6) is 0 Å². The third-order valence-corrected chi connectivity index (χ3v) is 4.54. The van der Waals surface area contributed by atoms with Crippen molar-refractivity contribution < 1.29 is 9.90 Å². The number of carboxylic acid groups (broad SMARTS) is 1. The maximum Gasteiger partial charge on any atom is 0.356 e. The van der Waals surface area contributed by atoms with Crippen LogP contribution in [-0.2, 0) is 0 Å². The van der Waals surface area contributed by atoms with E-state index in [1.807, 2.05) is 0 Å². The molecular formula is C14H20N4O2. The smallest absolute Gasteiger partial charge is 0.356 e. The average molecular weight is 276 g/mol. The maximum absolute atomic E-state index is 10.8. The van der Waals surface area contributed by atoms with E-state index >= 15 is 0 Å². The van der Waals surface area contributed by atoms with Gasteiger partial charge in [0.05, 0.1) is 0 Å². The first kappa shape index (κ1) is 13.3. The number of likely N-dealkylation sites (tertiary alicyclic amines) is 1. The fourth-order valence-corrected chi connectivity index (χ4v) is 3.47. The fourth-order valence-electron chi connectivity index (χ4n) is 3.47. The van der Waals surface area contributed by atoms with E-state index in [4.69, 9.17) is 5.11 Å². The van der Waals surface area contributed by atoms with Gasteiger partial charge in [-0.25, -0.2) is 4.79 Å². The second-order valence-corrected chi connectivity index (χ2v) is 5.77. The highest BCUT2D eigenvalue weighted by atomic mass is 16.4. The first-order valence-corrected chi connectivity index (χ1v) is 7.17. The number of carboxylic acids is 1. The summed E-state index contributed by atoms with van der Waals surface area (Å²) in [6, 6.07) is 3.99. The van der Waals surface area contributed by atoms with Crippen LogP contribution in [0.2, 0.25) is 0 Å². The van der Waals surface area contributed by atoms with E-state index in [2.05, 4.69) is 27.0 Å². The minimum atomic E-state index is -1.03. The number of nitrogens with zero attached hydrogens (tertiary/aromatic N) is 4. The highest BCUT2D eigenvalue weighted by Gasteiger charge is 2.34. The number of carbonyl (C=O) groups is 1. The van der Waals surface area contributed by atoms with E-state index in [1.54, 1.807) is 6.07 Å². The van der Waals surface area contributed by atoms with Crippen LogP contribution in [0, 0.1) is 5.92 Å². The minimum Gasteiger partial charge on any atom is -0.476 e. The van der Waals surface area contributed by atoms with Crippen molar-refractivity contribution >= 4 is 11.8 Å². The van der Waals surface area contributed by atoms with Crippen LogP contribution >= 0.6 is 0 Å². The molecule has 3 heterocycles. The summed E-state index contributed by atoms with van der Waals surface area (Å²) < 4.78 is 0. The minimum absolute atomic E-state index is 0.000959. The summed E-state index contributed by atoms with van der Waals surface area (Å²) in [6.07, 6.45) is 3.67. The second kappa shape index (κ2) is 5.36. The number of hydrogen-bond donors (Lipinski definition) is 1. The van der Waals surface area contributed by atoms with Crippen molar-refractivity contribution in [2.24, 2.45) is 5.92 Å². The van der Waals surface area contributed by atoms with Crippen molar-refractivity contribution in [1.29, 1.82) is 0 Å². The van der Waals surface area contributed by atoms with Gasteiger partial charge in [0.2, 0.25) is 0 Å². The Morgan fingerprint density at radius 3 is 2.85 bits per heavy atom. The highest BCUT2D eigenvalue weighted by molar-refractivity contribution is 5.85. The molecular weight excluding hydrogens is 256 g/mol. The largest absolute Gasteiger partial charge is 0.476 e. The Labute approximate surface area is 118 Å². The van der Waals surface area contributed by atoms with E-state index < -0.39 is 5.97 Å². The van der Waals surface area contributed by atoms with Crippen molar-refractivity contribution in [2.75, 3.05) is 31.6 Å². The average Bonchev–Trinajstić information content (AvgIpc) is 2.47. The molecule has 20 heavy (non-hydrogen) atoms. The van der Waals surface area contributed by atoms with E-state index in [0.29, 0.717) is 12.0 Å². The van der Waals surface area contributed by atoms with Gasteiger partial charge < -0.3 is 14.9 Å². The number of hydrogen-bond acceptors (Lipinski definition) is 5. The Morgan fingerprint density at radius 1 is 1.30 bits per heavy atom. The number of anilines is 1. The van der Waals surface area contributed by atoms with Crippen LogP contribution in [0.15, 0.2) is 12.1 Å². The van der Waals surface area contributed by atoms with Crippen molar-refractivity contribution in [3.05, 3.63) is 17.8 Å². The lowest BCUT2D eigenvalue weighted by Crippen LogP contribution is -2.52. The molecule has 1 aromatic heterocycles. The van der Waals surface area contributed by atoms with Gasteiger partial charge in [0.15, 0.2) is 11.5 Å². The molecule has 2 fully saturated rings. The van der Waals surface area contributed by atoms with Gasteiger partial charge >= 0.3 is 5.97 Å². The van der Waals surface area contributed by atoms with Gasteiger partial charge in [-0.15, -0.1) is 10.2 Å². The molecule has 3 rings (SSSR count). The molecule has 6 nitrogen and oxygen atoms in total. The lowest BCUT2D eigenvalue weighted by Gasteiger charge is -2.46. The summed E-state index contributed by atoms with van der Waals surface area (Å²) in [5, 5.41) is 16.7.